The Morgan fingerprint density at radius 3 is 2.59 bits per heavy atom. The van der Waals surface area contributed by atoms with Crippen LogP contribution >= 0.6 is 0 Å². The van der Waals surface area contributed by atoms with Crippen LogP contribution in [0.4, 0.5) is 0 Å². The van der Waals surface area contributed by atoms with Crippen molar-refractivity contribution in [2.45, 2.75) is 25.9 Å². The van der Waals surface area contributed by atoms with Crippen molar-refractivity contribution in [1.82, 2.24) is 5.32 Å². The molecular formula is C14H23NO2. The fourth-order valence-electron chi connectivity index (χ4n) is 1.60. The minimum absolute atomic E-state index is 0.324. The van der Waals surface area contributed by atoms with Crippen molar-refractivity contribution in [2.75, 3.05) is 26.3 Å². The lowest BCUT2D eigenvalue weighted by Crippen LogP contribution is -2.30. The van der Waals surface area contributed by atoms with E-state index in [9.17, 15) is 5.11 Å². The summed E-state index contributed by atoms with van der Waals surface area (Å²) in [7, 11) is 0. The number of benzene rings is 1. The van der Waals surface area contributed by atoms with Gasteiger partial charge in [-0.25, -0.2) is 0 Å². The molecule has 0 aliphatic rings. The van der Waals surface area contributed by atoms with Crippen molar-refractivity contribution >= 4 is 0 Å². The minimum atomic E-state index is -0.911. The Labute approximate surface area is 104 Å². The van der Waals surface area contributed by atoms with Crippen LogP contribution in [0.2, 0.25) is 0 Å². The predicted molar refractivity (Wildman–Crippen MR) is 70.0 cm³/mol. The molecule has 1 unspecified atom stereocenters. The normalized spacial score (nSPS) is 14.5. The van der Waals surface area contributed by atoms with Crippen molar-refractivity contribution < 1.29 is 9.84 Å². The van der Waals surface area contributed by atoms with Crippen LogP contribution in [0.15, 0.2) is 30.3 Å². The van der Waals surface area contributed by atoms with Gasteiger partial charge < -0.3 is 15.2 Å². The molecule has 0 radical (unpaired) electrons. The van der Waals surface area contributed by atoms with E-state index in [1.165, 1.54) is 0 Å². The molecule has 0 fully saturated rings. The van der Waals surface area contributed by atoms with E-state index >= 15 is 0 Å². The Balaban J connectivity index is 2.26. The average Bonchev–Trinajstić information content (AvgIpc) is 2.35. The Morgan fingerprint density at radius 2 is 1.94 bits per heavy atom. The predicted octanol–water partition coefficient (Wildman–Crippen LogP) is 1.91. The highest BCUT2D eigenvalue weighted by molar-refractivity contribution is 5.21. The summed E-state index contributed by atoms with van der Waals surface area (Å²) in [6, 6.07) is 9.62. The van der Waals surface area contributed by atoms with Gasteiger partial charge in [-0.1, -0.05) is 37.3 Å². The van der Waals surface area contributed by atoms with Crippen molar-refractivity contribution in [3.8, 4) is 0 Å². The Bertz CT molecular complexity index is 298. The highest BCUT2D eigenvalue weighted by Crippen LogP contribution is 2.20. The lowest BCUT2D eigenvalue weighted by molar-refractivity contribution is -0.0367. The van der Waals surface area contributed by atoms with Crippen LogP contribution in [0.1, 0.15) is 25.8 Å². The molecule has 0 spiro atoms. The van der Waals surface area contributed by atoms with E-state index in [0.717, 1.165) is 25.1 Å². The van der Waals surface area contributed by atoms with E-state index in [1.54, 1.807) is 6.92 Å². The monoisotopic (exact) mass is 237 g/mol. The van der Waals surface area contributed by atoms with E-state index in [-0.39, 0.29) is 0 Å². The van der Waals surface area contributed by atoms with Gasteiger partial charge in [0, 0.05) is 6.54 Å². The van der Waals surface area contributed by atoms with Crippen LogP contribution in [-0.2, 0) is 10.3 Å². The topological polar surface area (TPSA) is 41.5 Å². The third-order valence-corrected chi connectivity index (χ3v) is 2.63. The first-order chi connectivity index (χ1) is 8.17. The lowest BCUT2D eigenvalue weighted by Gasteiger charge is -2.23. The molecule has 0 heterocycles. The van der Waals surface area contributed by atoms with Gasteiger partial charge in [-0.3, -0.25) is 0 Å². The molecule has 3 nitrogen and oxygen atoms in total. The van der Waals surface area contributed by atoms with E-state index in [4.69, 9.17) is 4.74 Å². The summed E-state index contributed by atoms with van der Waals surface area (Å²) in [6.45, 7) is 6.71. The molecule has 0 aliphatic heterocycles. The molecule has 0 aliphatic carbocycles. The summed E-state index contributed by atoms with van der Waals surface area (Å²) in [4.78, 5) is 0. The Kier molecular flexibility index (Phi) is 6.19. The largest absolute Gasteiger partial charge is 0.383 e. The van der Waals surface area contributed by atoms with Gasteiger partial charge in [-0.15, -0.1) is 0 Å². The van der Waals surface area contributed by atoms with Crippen molar-refractivity contribution in [1.29, 1.82) is 0 Å². The molecule has 1 rings (SSSR count). The van der Waals surface area contributed by atoms with E-state index < -0.39 is 5.60 Å². The minimum Gasteiger partial charge on any atom is -0.383 e. The quantitative estimate of drug-likeness (QED) is 0.679. The molecular weight excluding hydrogens is 214 g/mol. The summed E-state index contributed by atoms with van der Waals surface area (Å²) < 4.78 is 5.49. The zero-order chi connectivity index (χ0) is 12.6. The lowest BCUT2D eigenvalue weighted by atomic mass is 9.97. The first kappa shape index (κ1) is 14.2. The third kappa shape index (κ3) is 5.31. The van der Waals surface area contributed by atoms with Crippen LogP contribution in [0.5, 0.6) is 0 Å². The number of ether oxygens (including phenoxy) is 1. The van der Waals surface area contributed by atoms with Gasteiger partial charge in [0.1, 0.15) is 5.60 Å². The zero-order valence-corrected chi connectivity index (χ0v) is 10.8. The highest BCUT2D eigenvalue weighted by atomic mass is 16.5. The van der Waals surface area contributed by atoms with Gasteiger partial charge in [0.15, 0.2) is 0 Å². The SMILES string of the molecule is CCCNCCOCC(C)(O)c1ccccc1. The maximum absolute atomic E-state index is 10.2. The molecule has 1 aromatic rings. The maximum atomic E-state index is 10.2. The number of hydrogen-bond donors (Lipinski definition) is 2. The molecule has 0 amide bonds. The van der Waals surface area contributed by atoms with Crippen LogP contribution in [-0.4, -0.2) is 31.4 Å². The Hall–Kier alpha value is -0.900. The summed E-state index contributed by atoms with van der Waals surface area (Å²) in [5.74, 6) is 0. The smallest absolute Gasteiger partial charge is 0.110 e. The number of rotatable bonds is 8. The number of aliphatic hydroxyl groups is 1. The van der Waals surface area contributed by atoms with Crippen LogP contribution < -0.4 is 5.32 Å². The first-order valence-electron chi connectivity index (χ1n) is 6.23. The first-order valence-corrected chi connectivity index (χ1v) is 6.23. The van der Waals surface area contributed by atoms with Crippen molar-refractivity contribution in [3.05, 3.63) is 35.9 Å². The van der Waals surface area contributed by atoms with Gasteiger partial charge in [0.05, 0.1) is 13.2 Å². The van der Waals surface area contributed by atoms with Crippen molar-refractivity contribution in [3.63, 3.8) is 0 Å². The molecule has 0 bridgehead atoms. The summed E-state index contributed by atoms with van der Waals surface area (Å²) in [5.41, 5.74) is -0.0204. The van der Waals surface area contributed by atoms with E-state index in [1.807, 2.05) is 30.3 Å². The summed E-state index contributed by atoms with van der Waals surface area (Å²) in [6.07, 6.45) is 1.13. The molecule has 0 saturated carbocycles. The third-order valence-electron chi connectivity index (χ3n) is 2.63. The van der Waals surface area contributed by atoms with Gasteiger partial charge in [0.25, 0.3) is 0 Å². The number of nitrogens with one attached hydrogen (secondary N) is 1. The average molecular weight is 237 g/mol. The summed E-state index contributed by atoms with van der Waals surface area (Å²) >= 11 is 0. The van der Waals surface area contributed by atoms with Crippen LogP contribution in [0.25, 0.3) is 0 Å². The standard InChI is InChI=1S/C14H23NO2/c1-3-9-15-10-11-17-12-14(2,16)13-7-5-4-6-8-13/h4-8,15-16H,3,9-12H2,1-2H3. The van der Waals surface area contributed by atoms with Gasteiger partial charge in [-0.2, -0.15) is 0 Å². The van der Waals surface area contributed by atoms with Gasteiger partial charge >= 0.3 is 0 Å². The second kappa shape index (κ2) is 7.43. The fourth-order valence-corrected chi connectivity index (χ4v) is 1.60. The van der Waals surface area contributed by atoms with E-state index in [2.05, 4.69) is 12.2 Å². The van der Waals surface area contributed by atoms with Gasteiger partial charge in [0.2, 0.25) is 0 Å². The Morgan fingerprint density at radius 1 is 1.24 bits per heavy atom. The van der Waals surface area contributed by atoms with Crippen LogP contribution in [0.3, 0.4) is 0 Å². The fraction of sp³-hybridized carbons (Fsp3) is 0.571. The highest BCUT2D eigenvalue weighted by Gasteiger charge is 2.22. The number of hydrogen-bond acceptors (Lipinski definition) is 3. The van der Waals surface area contributed by atoms with Gasteiger partial charge in [-0.05, 0) is 25.5 Å². The molecule has 0 aromatic heterocycles. The molecule has 3 heteroatoms. The zero-order valence-electron chi connectivity index (χ0n) is 10.8. The molecule has 96 valence electrons. The van der Waals surface area contributed by atoms with E-state index in [0.29, 0.717) is 13.2 Å². The maximum Gasteiger partial charge on any atom is 0.110 e. The summed E-state index contributed by atoms with van der Waals surface area (Å²) in [5, 5.41) is 13.5. The molecule has 1 atom stereocenters. The second-order valence-electron chi connectivity index (χ2n) is 4.44. The molecule has 0 saturated heterocycles. The van der Waals surface area contributed by atoms with Crippen molar-refractivity contribution in [2.24, 2.45) is 0 Å². The second-order valence-corrected chi connectivity index (χ2v) is 4.44. The molecule has 1 aromatic carbocycles. The van der Waals surface area contributed by atoms with Crippen LogP contribution in [0, 0.1) is 0 Å². The molecule has 17 heavy (non-hydrogen) atoms. The molecule has 2 N–H and O–H groups in total.